The van der Waals surface area contributed by atoms with E-state index in [9.17, 15) is 27.8 Å². The molecular formula is C21H22F2N3O4P. The van der Waals surface area contributed by atoms with Crippen LogP contribution in [0.2, 0.25) is 0 Å². The number of carbonyl (C=O) groups is 2. The number of hydrogen-bond acceptors (Lipinski definition) is 5. The zero-order chi connectivity index (χ0) is 22.4. The highest BCUT2D eigenvalue weighted by Crippen LogP contribution is 2.30. The molecule has 0 bridgehead atoms. The van der Waals surface area contributed by atoms with Gasteiger partial charge >= 0.3 is 8.03 Å². The van der Waals surface area contributed by atoms with Crippen molar-refractivity contribution in [3.8, 4) is 0 Å². The van der Waals surface area contributed by atoms with E-state index >= 15 is 0 Å². The van der Waals surface area contributed by atoms with Crippen LogP contribution in [-0.4, -0.2) is 42.9 Å². The van der Waals surface area contributed by atoms with Crippen molar-refractivity contribution < 1.29 is 27.8 Å². The Kier molecular flexibility index (Phi) is 7.79. The first-order chi connectivity index (χ1) is 14.8. The first-order valence-corrected chi connectivity index (χ1v) is 11.0. The molecule has 1 unspecified atom stereocenters. The van der Waals surface area contributed by atoms with Crippen LogP contribution in [0.25, 0.3) is 0 Å². The number of anilines is 1. The Hall–Kier alpha value is -2.74. The lowest BCUT2D eigenvalue weighted by molar-refractivity contribution is -0.160. The van der Waals surface area contributed by atoms with Gasteiger partial charge in [-0.3, -0.25) is 9.59 Å². The third-order valence-electron chi connectivity index (χ3n) is 4.79. The second-order valence-electron chi connectivity index (χ2n) is 7.27. The van der Waals surface area contributed by atoms with Gasteiger partial charge in [-0.2, -0.15) is 0 Å². The Morgan fingerprint density at radius 3 is 2.29 bits per heavy atom. The van der Waals surface area contributed by atoms with Crippen LogP contribution in [0.5, 0.6) is 0 Å². The van der Waals surface area contributed by atoms with Crippen molar-refractivity contribution in [2.24, 2.45) is 5.92 Å². The molecule has 31 heavy (non-hydrogen) atoms. The fourth-order valence-corrected chi connectivity index (χ4v) is 3.52. The van der Waals surface area contributed by atoms with E-state index in [1.165, 1.54) is 24.3 Å². The highest BCUT2D eigenvalue weighted by molar-refractivity contribution is 7.45. The zero-order valence-corrected chi connectivity index (χ0v) is 17.5. The summed E-state index contributed by atoms with van der Waals surface area (Å²) in [6.45, 7) is 3.77. The van der Waals surface area contributed by atoms with Crippen LogP contribution in [-0.2, 0) is 9.36 Å². The average molecular weight is 449 g/mol. The summed E-state index contributed by atoms with van der Waals surface area (Å²) >= 11 is 0. The van der Waals surface area contributed by atoms with Crippen LogP contribution in [0.15, 0.2) is 42.5 Å². The Balaban J connectivity index is 0.000000207. The predicted octanol–water partition coefficient (Wildman–Crippen LogP) is 1.77. The van der Waals surface area contributed by atoms with Crippen molar-refractivity contribution in [1.29, 1.82) is 0 Å². The molecule has 1 aliphatic carbocycles. The second-order valence-corrected chi connectivity index (χ2v) is 8.30. The van der Waals surface area contributed by atoms with Gasteiger partial charge in [-0.05, 0) is 37.1 Å². The standard InChI is InChI=1S/C13H8F2NO3P.C8H14N2O/c14-9-5-10(15)7-11(6-9)16-13(17)8-2-1-3-12(4-8)20(18)19;11-8(7-1-2-7)10-5-3-9-4-6-10/h1-7H,(H,16,17);7,9H,1-6H2. The molecule has 2 amide bonds. The minimum Gasteiger partial charge on any atom is -0.591 e. The molecule has 1 aliphatic heterocycles. The summed E-state index contributed by atoms with van der Waals surface area (Å²) in [7, 11) is -2.81. The van der Waals surface area contributed by atoms with E-state index < -0.39 is 25.6 Å². The second kappa shape index (κ2) is 10.5. The van der Waals surface area contributed by atoms with Crippen molar-refractivity contribution in [2.45, 2.75) is 12.8 Å². The zero-order valence-electron chi connectivity index (χ0n) is 16.6. The number of rotatable bonds is 4. The number of nitrogens with one attached hydrogen (secondary N) is 2. The molecule has 2 fully saturated rings. The molecular weight excluding hydrogens is 427 g/mol. The molecule has 2 aliphatic rings. The van der Waals surface area contributed by atoms with Gasteiger partial charge in [0.2, 0.25) is 5.91 Å². The molecule has 4 rings (SSSR count). The fourth-order valence-electron chi connectivity index (χ4n) is 3.06. The molecule has 1 saturated heterocycles. The van der Waals surface area contributed by atoms with Crippen LogP contribution in [0, 0.1) is 17.6 Å². The van der Waals surface area contributed by atoms with E-state index in [1.54, 1.807) is 0 Å². The van der Waals surface area contributed by atoms with Crippen molar-refractivity contribution in [3.63, 3.8) is 0 Å². The van der Waals surface area contributed by atoms with Crippen molar-refractivity contribution in [3.05, 3.63) is 59.7 Å². The van der Waals surface area contributed by atoms with Crippen LogP contribution in [0.4, 0.5) is 14.5 Å². The molecule has 2 aromatic rings. The summed E-state index contributed by atoms with van der Waals surface area (Å²) in [5.41, 5.74) is 0.0239. The SMILES string of the molecule is O=C(C1CC1)N1CCNCC1.O=C(Nc1cc(F)cc(F)c1)c1cccc([P+](=O)[O-])c1. The molecule has 1 heterocycles. The van der Waals surface area contributed by atoms with Crippen molar-refractivity contribution in [2.75, 3.05) is 31.5 Å². The average Bonchev–Trinajstić information content (AvgIpc) is 3.59. The summed E-state index contributed by atoms with van der Waals surface area (Å²) in [6, 6.07) is 7.91. The maximum Gasteiger partial charge on any atom is 0.348 e. The summed E-state index contributed by atoms with van der Waals surface area (Å²) in [4.78, 5) is 36.1. The van der Waals surface area contributed by atoms with E-state index in [1.807, 2.05) is 4.90 Å². The first kappa shape index (κ1) is 22.9. The summed E-state index contributed by atoms with van der Waals surface area (Å²) in [5, 5.41) is 5.51. The molecule has 2 N–H and O–H groups in total. The third kappa shape index (κ3) is 6.89. The van der Waals surface area contributed by atoms with Gasteiger partial charge in [-0.25, -0.2) is 8.78 Å². The number of piperazine rings is 1. The summed E-state index contributed by atoms with van der Waals surface area (Å²) in [6.07, 6.45) is 2.26. The lowest BCUT2D eigenvalue weighted by Crippen LogP contribution is -2.46. The van der Waals surface area contributed by atoms with Gasteiger partial charge in [0.15, 0.2) is 5.30 Å². The van der Waals surface area contributed by atoms with Crippen LogP contribution >= 0.6 is 8.03 Å². The number of benzene rings is 2. The predicted molar refractivity (Wildman–Crippen MR) is 110 cm³/mol. The number of carbonyl (C=O) groups excluding carboxylic acids is 2. The number of halogens is 2. The number of hydrogen-bond donors (Lipinski definition) is 2. The van der Waals surface area contributed by atoms with E-state index in [-0.39, 0.29) is 16.6 Å². The van der Waals surface area contributed by atoms with Crippen molar-refractivity contribution in [1.82, 2.24) is 10.2 Å². The fraction of sp³-hybridized carbons (Fsp3) is 0.333. The normalized spacial score (nSPS) is 16.1. The third-order valence-corrected chi connectivity index (χ3v) is 5.49. The Labute approximate surface area is 179 Å². The van der Waals surface area contributed by atoms with Gasteiger partial charge in [0.25, 0.3) is 5.91 Å². The largest absolute Gasteiger partial charge is 0.591 e. The van der Waals surface area contributed by atoms with Gasteiger partial charge in [0.05, 0.1) is 0 Å². The lowest BCUT2D eigenvalue weighted by Gasteiger charge is -2.27. The highest BCUT2D eigenvalue weighted by atomic mass is 31.1. The molecule has 10 heteroatoms. The molecule has 164 valence electrons. The van der Waals surface area contributed by atoms with Crippen LogP contribution in [0.3, 0.4) is 0 Å². The van der Waals surface area contributed by atoms with E-state index in [0.29, 0.717) is 17.9 Å². The number of nitrogens with zero attached hydrogens (tertiary/aromatic N) is 1. The van der Waals surface area contributed by atoms with Gasteiger partial charge in [0, 0.05) is 55.5 Å². The van der Waals surface area contributed by atoms with Gasteiger partial charge in [-0.1, -0.05) is 10.6 Å². The Morgan fingerprint density at radius 1 is 1.06 bits per heavy atom. The molecule has 1 saturated carbocycles. The maximum absolute atomic E-state index is 13.0. The molecule has 7 nitrogen and oxygen atoms in total. The molecule has 0 aromatic heterocycles. The van der Waals surface area contributed by atoms with Crippen LogP contribution in [0.1, 0.15) is 23.2 Å². The molecule has 1 atom stereocenters. The highest BCUT2D eigenvalue weighted by Gasteiger charge is 2.33. The minimum atomic E-state index is -2.81. The van der Waals surface area contributed by atoms with Gasteiger partial charge in [0.1, 0.15) is 11.6 Å². The molecule has 0 spiro atoms. The lowest BCUT2D eigenvalue weighted by atomic mass is 10.2. The monoisotopic (exact) mass is 449 g/mol. The Bertz CT molecular complexity index is 959. The smallest absolute Gasteiger partial charge is 0.348 e. The van der Waals surface area contributed by atoms with Gasteiger partial charge < -0.3 is 20.4 Å². The Morgan fingerprint density at radius 2 is 1.71 bits per heavy atom. The van der Waals surface area contributed by atoms with Gasteiger partial charge in [-0.15, -0.1) is 0 Å². The van der Waals surface area contributed by atoms with E-state index in [4.69, 9.17) is 0 Å². The number of amides is 2. The van der Waals surface area contributed by atoms with E-state index in [0.717, 1.165) is 51.2 Å². The maximum atomic E-state index is 13.0. The quantitative estimate of drug-likeness (QED) is 0.693. The van der Waals surface area contributed by atoms with Crippen molar-refractivity contribution >= 4 is 30.8 Å². The first-order valence-electron chi connectivity index (χ1n) is 9.85. The van der Waals surface area contributed by atoms with Crippen LogP contribution < -0.4 is 20.8 Å². The molecule has 2 aromatic carbocycles. The summed E-state index contributed by atoms with van der Waals surface area (Å²) < 4.78 is 36.8. The minimum absolute atomic E-state index is 0.0157. The van der Waals surface area contributed by atoms with E-state index in [2.05, 4.69) is 10.6 Å². The molecule has 0 radical (unpaired) electrons. The summed E-state index contributed by atoms with van der Waals surface area (Å²) in [5.74, 6) is -1.51. The topological polar surface area (TPSA) is 102 Å².